The van der Waals surface area contributed by atoms with Crippen molar-refractivity contribution >= 4 is 110 Å². The molecule has 0 aliphatic carbocycles. The maximum Gasteiger partial charge on any atom is 0.0541 e. The highest BCUT2D eigenvalue weighted by Crippen LogP contribution is 2.44. The molecule has 23 aromatic rings. The van der Waals surface area contributed by atoms with Gasteiger partial charge in [-0.3, -0.25) is 0 Å². The molecule has 2 aromatic heterocycles. The van der Waals surface area contributed by atoms with Crippen LogP contribution in [0, 0.1) is 0 Å². The first-order valence-corrected chi connectivity index (χ1v) is 42.6. The maximum atomic E-state index is 2.39. The van der Waals surface area contributed by atoms with Gasteiger partial charge in [0.1, 0.15) is 0 Å². The van der Waals surface area contributed by atoms with Gasteiger partial charge in [-0.1, -0.05) is 382 Å². The van der Waals surface area contributed by atoms with Crippen LogP contribution in [-0.4, -0.2) is 9.13 Å². The number of rotatable bonds is 16. The standard InChI is InChI=1S/C62H42N2.C58H40N2/c1-3-18-55-47(12-1)14-9-22-57(55)49-30-26-43(27-31-49)45-34-38-51(39-35-45)63(53-16-11-17-54(42-53)64-61-24-7-5-20-59(61)60-21-6-8-25-62(60)64)52-40-36-46(37-41-52)44-28-32-50(33-29-44)58-23-10-15-48-13-2-4-19-56(48)58;1-2-11-41(12-3-1)43-21-23-44(24-22-43)46-31-35-51(36-32-46)59(53-15-10-16-54(40-53)60-57-19-8-6-17-55(57)56-18-7-9-20-58(56)60)52-37-33-47(34-38-52)45-25-27-48(28-26-45)50-30-29-42-13-4-5-14-49(42)39-50/h1-42H;1-40H. The van der Waals surface area contributed by atoms with Crippen molar-refractivity contribution in [3.63, 3.8) is 0 Å². The summed E-state index contributed by atoms with van der Waals surface area (Å²) in [4.78, 5) is 4.74. The van der Waals surface area contributed by atoms with E-state index >= 15 is 0 Å². The molecular formula is C120H82N4. The first-order valence-electron chi connectivity index (χ1n) is 42.6. The molecule has 0 bridgehead atoms. The van der Waals surface area contributed by atoms with E-state index in [2.05, 4.69) is 516 Å². The topological polar surface area (TPSA) is 16.3 Å². The number of fused-ring (bicyclic) bond motifs is 9. The Kier molecular flexibility index (Phi) is 19.3. The summed E-state index contributed by atoms with van der Waals surface area (Å²) in [6.07, 6.45) is 0. The second-order valence-electron chi connectivity index (χ2n) is 31.9. The number of para-hydroxylation sites is 4. The van der Waals surface area contributed by atoms with Gasteiger partial charge in [-0.25, -0.2) is 0 Å². The van der Waals surface area contributed by atoms with E-state index in [1.165, 1.54) is 165 Å². The second kappa shape index (κ2) is 32.4. The smallest absolute Gasteiger partial charge is 0.0541 e. The van der Waals surface area contributed by atoms with Gasteiger partial charge in [0.25, 0.3) is 0 Å². The fourth-order valence-corrected chi connectivity index (χ4v) is 18.4. The Balaban J connectivity index is 0.000000148. The Morgan fingerprint density at radius 1 is 0.129 bits per heavy atom. The highest BCUT2D eigenvalue weighted by molar-refractivity contribution is 6.11. The Morgan fingerprint density at radius 3 is 0.718 bits per heavy atom. The number of nitrogens with zero attached hydrogens (tertiary/aromatic N) is 4. The minimum Gasteiger partial charge on any atom is -0.310 e. The van der Waals surface area contributed by atoms with Gasteiger partial charge in [0, 0.05) is 67.0 Å². The van der Waals surface area contributed by atoms with Crippen LogP contribution in [0.15, 0.2) is 497 Å². The van der Waals surface area contributed by atoms with Crippen molar-refractivity contribution in [2.24, 2.45) is 0 Å². The minimum atomic E-state index is 1.08. The third-order valence-corrected chi connectivity index (χ3v) is 24.6. The Hall–Kier alpha value is -16.4. The van der Waals surface area contributed by atoms with Crippen molar-refractivity contribution < 1.29 is 0 Å². The molecule has 124 heavy (non-hydrogen) atoms. The van der Waals surface area contributed by atoms with Gasteiger partial charge in [0.15, 0.2) is 0 Å². The third-order valence-electron chi connectivity index (χ3n) is 24.6. The molecule has 0 fully saturated rings. The second-order valence-corrected chi connectivity index (χ2v) is 31.9. The van der Waals surface area contributed by atoms with Gasteiger partial charge in [-0.2, -0.15) is 0 Å². The molecule has 4 heteroatoms. The molecule has 0 amide bonds. The Labute approximate surface area is 721 Å². The molecule has 0 radical (unpaired) electrons. The first-order chi connectivity index (χ1) is 61.5. The molecule has 0 unspecified atom stereocenters. The lowest BCUT2D eigenvalue weighted by Crippen LogP contribution is -2.10. The van der Waals surface area contributed by atoms with Gasteiger partial charge in [0.2, 0.25) is 0 Å². The zero-order valence-electron chi connectivity index (χ0n) is 68.1. The monoisotopic (exact) mass is 1580 g/mol. The van der Waals surface area contributed by atoms with E-state index in [0.717, 1.165) is 45.5 Å². The summed E-state index contributed by atoms with van der Waals surface area (Å²) in [7, 11) is 0. The van der Waals surface area contributed by atoms with Crippen LogP contribution < -0.4 is 9.80 Å². The quantitative estimate of drug-likeness (QED) is 0.0959. The summed E-state index contributed by atoms with van der Waals surface area (Å²) in [6.45, 7) is 0. The van der Waals surface area contributed by atoms with Crippen molar-refractivity contribution in [1.82, 2.24) is 9.13 Å². The number of hydrogen-bond acceptors (Lipinski definition) is 2. The molecule has 582 valence electrons. The number of hydrogen-bond donors (Lipinski definition) is 0. The lowest BCUT2D eigenvalue weighted by atomic mass is 9.96. The van der Waals surface area contributed by atoms with Gasteiger partial charge in [-0.05, 0) is 237 Å². The largest absolute Gasteiger partial charge is 0.310 e. The van der Waals surface area contributed by atoms with Crippen molar-refractivity contribution in [3.8, 4) is 100 Å². The molecule has 0 aliphatic heterocycles. The van der Waals surface area contributed by atoms with Gasteiger partial charge in [0.05, 0.1) is 22.1 Å². The minimum absolute atomic E-state index is 1.08. The lowest BCUT2D eigenvalue weighted by molar-refractivity contribution is 1.17. The van der Waals surface area contributed by atoms with Gasteiger partial charge >= 0.3 is 0 Å². The maximum absolute atomic E-state index is 2.39. The fraction of sp³-hybridized carbons (Fsp3) is 0. The number of aromatic nitrogens is 2. The van der Waals surface area contributed by atoms with Crippen LogP contribution in [0.5, 0.6) is 0 Å². The summed E-state index contributed by atoms with van der Waals surface area (Å²) in [5, 5.41) is 12.6. The average Bonchev–Trinajstić information content (AvgIpc) is 1.59. The van der Waals surface area contributed by atoms with Crippen LogP contribution >= 0.6 is 0 Å². The molecule has 2 heterocycles. The SMILES string of the molecule is c1cc(N(c2ccc(-c3ccc(-c4cccc5ccccc45)cc3)cc2)c2ccc(-c3ccc(-c4cccc5ccccc45)cc3)cc2)cc(-n2c3ccccc3c3ccccc32)c1.c1ccc(-c2ccc(-c3ccc(N(c4ccc(-c5ccc(-c6ccc7ccccc7c6)cc5)cc4)c4cccc(-n5c6ccccc6c6ccccc65)c4)cc3)cc2)cc1. The van der Waals surface area contributed by atoms with Crippen LogP contribution in [0.4, 0.5) is 34.1 Å². The highest BCUT2D eigenvalue weighted by Gasteiger charge is 2.21. The van der Waals surface area contributed by atoms with Gasteiger partial charge in [-0.15, -0.1) is 0 Å². The van der Waals surface area contributed by atoms with E-state index in [1.54, 1.807) is 0 Å². The molecule has 0 saturated heterocycles. The summed E-state index contributed by atoms with van der Waals surface area (Å²) in [5.41, 5.74) is 32.8. The molecule has 0 aliphatic rings. The Bertz CT molecular complexity index is 7560. The zero-order chi connectivity index (χ0) is 82.2. The Morgan fingerprint density at radius 2 is 0.371 bits per heavy atom. The number of benzene rings is 21. The van der Waals surface area contributed by atoms with Crippen molar-refractivity contribution in [3.05, 3.63) is 497 Å². The zero-order valence-corrected chi connectivity index (χ0v) is 68.1. The molecule has 23 rings (SSSR count). The molecule has 0 spiro atoms. The molecular weight excluding hydrogens is 1500 g/mol. The predicted octanol–water partition coefficient (Wildman–Crippen LogP) is 33.3. The van der Waals surface area contributed by atoms with Crippen molar-refractivity contribution in [1.29, 1.82) is 0 Å². The predicted molar refractivity (Wildman–Crippen MR) is 527 cm³/mol. The van der Waals surface area contributed by atoms with E-state index in [9.17, 15) is 0 Å². The summed E-state index contributed by atoms with van der Waals surface area (Å²) >= 11 is 0. The molecule has 0 saturated carbocycles. The van der Waals surface area contributed by atoms with Crippen LogP contribution in [0.3, 0.4) is 0 Å². The van der Waals surface area contributed by atoms with E-state index in [1.807, 2.05) is 0 Å². The van der Waals surface area contributed by atoms with Gasteiger partial charge < -0.3 is 18.9 Å². The van der Waals surface area contributed by atoms with E-state index in [0.29, 0.717) is 0 Å². The molecule has 4 nitrogen and oxygen atoms in total. The van der Waals surface area contributed by atoms with Crippen LogP contribution in [0.1, 0.15) is 0 Å². The highest BCUT2D eigenvalue weighted by atomic mass is 15.2. The normalized spacial score (nSPS) is 11.4. The average molecular weight is 1580 g/mol. The van der Waals surface area contributed by atoms with E-state index < -0.39 is 0 Å². The summed E-state index contributed by atoms with van der Waals surface area (Å²) < 4.78 is 4.78. The lowest BCUT2D eigenvalue weighted by Gasteiger charge is -2.26. The van der Waals surface area contributed by atoms with Crippen molar-refractivity contribution in [2.75, 3.05) is 9.80 Å². The molecule has 0 atom stereocenters. The van der Waals surface area contributed by atoms with E-state index in [-0.39, 0.29) is 0 Å². The summed E-state index contributed by atoms with van der Waals surface area (Å²) in [5.74, 6) is 0. The van der Waals surface area contributed by atoms with Crippen molar-refractivity contribution in [2.45, 2.75) is 0 Å². The number of anilines is 6. The first kappa shape index (κ1) is 73.9. The fourth-order valence-electron chi connectivity index (χ4n) is 18.4. The van der Waals surface area contributed by atoms with Crippen LogP contribution in [0.2, 0.25) is 0 Å². The third kappa shape index (κ3) is 14.2. The summed E-state index contributed by atoms with van der Waals surface area (Å²) in [6, 6.07) is 180. The van der Waals surface area contributed by atoms with Crippen LogP contribution in [-0.2, 0) is 0 Å². The molecule has 0 N–H and O–H groups in total. The molecule has 21 aromatic carbocycles. The van der Waals surface area contributed by atoms with Crippen LogP contribution in [0.25, 0.3) is 176 Å². The van der Waals surface area contributed by atoms with E-state index in [4.69, 9.17) is 0 Å².